The van der Waals surface area contributed by atoms with Gasteiger partial charge >= 0.3 is 18.2 Å². The number of carbonyl (C=O) groups is 5. The number of piperidine rings is 1. The number of fused-ring (bicyclic) bond motifs is 1. The Balaban J connectivity index is 1.37. The number of alkyl carbamates (subject to hydrolysis) is 1. The molecule has 6 rings (SSSR count). The highest BCUT2D eigenvalue weighted by atomic mass is 32.2. The van der Waals surface area contributed by atoms with Crippen LogP contribution in [0.2, 0.25) is 0 Å². The molecule has 0 aliphatic carbocycles. The minimum absolute atomic E-state index is 0.101. The zero-order valence-corrected chi connectivity index (χ0v) is 30.4. The number of ether oxygens (including phenoxy) is 3. The molecule has 3 atom stereocenters. The molecule has 4 amide bonds. The molecule has 0 aromatic heterocycles. The molecule has 4 aliphatic rings. The van der Waals surface area contributed by atoms with Crippen molar-refractivity contribution in [2.75, 3.05) is 26.2 Å². The van der Waals surface area contributed by atoms with Crippen LogP contribution in [-0.2, 0) is 28.6 Å². The van der Waals surface area contributed by atoms with Gasteiger partial charge in [-0.1, -0.05) is 73.3 Å². The quantitative estimate of drug-likeness (QED) is 0.117. The minimum atomic E-state index is -1.21. The first-order valence-corrected chi connectivity index (χ1v) is 18.4. The SMILES string of the molecule is C=CCOC(=O)N1CCC(C(C2=CS[C@@H]3[C@H](NC(=O)OC(C)(C)C)C(=O)N3[C@H]2C(=O)OC(c2ccccc2)c2ccccc2)=C2CCNC2=O)CC1. The molecule has 3 fully saturated rings. The van der Waals surface area contributed by atoms with Gasteiger partial charge in [-0.05, 0) is 73.6 Å². The summed E-state index contributed by atoms with van der Waals surface area (Å²) in [4.78, 5) is 70.6. The van der Waals surface area contributed by atoms with Crippen molar-refractivity contribution in [1.82, 2.24) is 20.4 Å². The van der Waals surface area contributed by atoms with Gasteiger partial charge in [0.2, 0.25) is 11.8 Å². The average molecular weight is 729 g/mol. The van der Waals surface area contributed by atoms with Crippen molar-refractivity contribution >= 4 is 41.7 Å². The van der Waals surface area contributed by atoms with E-state index in [0.717, 1.165) is 11.1 Å². The second kappa shape index (κ2) is 15.7. The van der Waals surface area contributed by atoms with E-state index in [4.69, 9.17) is 14.2 Å². The van der Waals surface area contributed by atoms with E-state index >= 15 is 0 Å². The van der Waals surface area contributed by atoms with Crippen molar-refractivity contribution in [2.24, 2.45) is 5.92 Å². The Morgan fingerprint density at radius 3 is 2.21 bits per heavy atom. The zero-order chi connectivity index (χ0) is 37.0. The lowest BCUT2D eigenvalue weighted by Gasteiger charge is -2.52. The number of thioether (sulfide) groups is 1. The molecule has 3 saturated heterocycles. The average Bonchev–Trinajstić information content (AvgIpc) is 3.56. The molecule has 0 saturated carbocycles. The molecule has 52 heavy (non-hydrogen) atoms. The fourth-order valence-electron chi connectivity index (χ4n) is 7.05. The number of benzene rings is 2. The lowest BCUT2D eigenvalue weighted by molar-refractivity contribution is -0.164. The maximum Gasteiger partial charge on any atom is 0.410 e. The standard InChI is InChI=1S/C39H44N4O8S/c1-5-22-49-38(48)42-20-17-24(18-21-42)29(27-16-19-40-33(27)44)28-23-52-35-30(41-37(47)51-39(2,3)4)34(45)43(35)31(28)36(46)50-32(25-12-8-6-9-13-25)26-14-10-7-11-15-26/h5-15,23-24,30-32,35H,1,16-22H2,2-4H3,(H,40,44)(H,41,47)/t30-,31-,35-/m1/s1. The van der Waals surface area contributed by atoms with Gasteiger partial charge in [-0.25, -0.2) is 14.4 Å². The van der Waals surface area contributed by atoms with Gasteiger partial charge in [0.25, 0.3) is 0 Å². The maximum absolute atomic E-state index is 14.8. The van der Waals surface area contributed by atoms with Crippen LogP contribution in [-0.4, -0.2) is 89.1 Å². The van der Waals surface area contributed by atoms with Crippen LogP contribution in [0.5, 0.6) is 0 Å². The molecule has 0 bridgehead atoms. The second-order valence-electron chi connectivity index (χ2n) is 14.0. The molecule has 274 valence electrons. The molecule has 2 aromatic carbocycles. The summed E-state index contributed by atoms with van der Waals surface area (Å²) in [7, 11) is 0. The van der Waals surface area contributed by atoms with Crippen LogP contribution in [0.3, 0.4) is 0 Å². The van der Waals surface area contributed by atoms with Gasteiger partial charge in [-0.3, -0.25) is 9.59 Å². The molecule has 12 nitrogen and oxygen atoms in total. The molecule has 2 N–H and O–H groups in total. The lowest BCUT2D eigenvalue weighted by atomic mass is 9.78. The summed E-state index contributed by atoms with van der Waals surface area (Å²) in [5.41, 5.74) is 2.47. The highest BCUT2D eigenvalue weighted by Crippen LogP contribution is 2.47. The molecular weight excluding hydrogens is 685 g/mol. The lowest BCUT2D eigenvalue weighted by Crippen LogP contribution is -2.74. The number of rotatable bonds is 9. The first-order chi connectivity index (χ1) is 25.0. The van der Waals surface area contributed by atoms with Crippen molar-refractivity contribution in [3.05, 3.63) is 107 Å². The van der Waals surface area contributed by atoms with Gasteiger partial charge in [0, 0.05) is 25.2 Å². The fraction of sp³-hybridized carbons (Fsp3) is 0.410. The number of nitrogens with one attached hydrogen (secondary N) is 2. The van der Waals surface area contributed by atoms with Crippen LogP contribution in [0.25, 0.3) is 0 Å². The van der Waals surface area contributed by atoms with Crippen LogP contribution in [0.1, 0.15) is 57.3 Å². The highest BCUT2D eigenvalue weighted by molar-refractivity contribution is 8.03. The molecule has 0 spiro atoms. The van der Waals surface area contributed by atoms with Crippen molar-refractivity contribution in [2.45, 2.75) is 69.2 Å². The summed E-state index contributed by atoms with van der Waals surface area (Å²) in [6.07, 6.45) is 1.01. The normalized spacial score (nSPS) is 22.8. The third kappa shape index (κ3) is 7.89. The van der Waals surface area contributed by atoms with Crippen molar-refractivity contribution < 1.29 is 38.2 Å². The summed E-state index contributed by atoms with van der Waals surface area (Å²) < 4.78 is 17.1. The van der Waals surface area contributed by atoms with Crippen molar-refractivity contribution in [3.8, 4) is 0 Å². The van der Waals surface area contributed by atoms with E-state index in [0.29, 0.717) is 55.6 Å². The largest absolute Gasteiger partial charge is 0.451 e. The van der Waals surface area contributed by atoms with E-state index in [2.05, 4.69) is 17.2 Å². The molecule has 4 heterocycles. The van der Waals surface area contributed by atoms with Gasteiger partial charge in [0.1, 0.15) is 23.6 Å². The third-order valence-electron chi connectivity index (χ3n) is 9.38. The molecular formula is C39H44N4O8S. The number of esters is 1. The van der Waals surface area contributed by atoms with Crippen LogP contribution < -0.4 is 10.6 Å². The number of amides is 4. The zero-order valence-electron chi connectivity index (χ0n) is 29.5. The fourth-order valence-corrected chi connectivity index (χ4v) is 8.29. The Morgan fingerprint density at radius 1 is 1.02 bits per heavy atom. The van der Waals surface area contributed by atoms with E-state index in [1.54, 1.807) is 25.7 Å². The second-order valence-corrected chi connectivity index (χ2v) is 15.0. The summed E-state index contributed by atoms with van der Waals surface area (Å²) in [6, 6.07) is 16.6. The Labute approximate surface area is 307 Å². The summed E-state index contributed by atoms with van der Waals surface area (Å²) in [5.74, 6) is -1.56. The Kier molecular flexibility index (Phi) is 11.1. The van der Waals surface area contributed by atoms with Gasteiger partial charge in [-0.2, -0.15) is 0 Å². The first-order valence-electron chi connectivity index (χ1n) is 17.5. The Morgan fingerprint density at radius 2 is 1.65 bits per heavy atom. The van der Waals surface area contributed by atoms with E-state index in [1.807, 2.05) is 66.1 Å². The maximum atomic E-state index is 14.8. The summed E-state index contributed by atoms with van der Waals surface area (Å²) in [5, 5.41) is 6.80. The van der Waals surface area contributed by atoms with Gasteiger partial charge < -0.3 is 34.6 Å². The van der Waals surface area contributed by atoms with Crippen molar-refractivity contribution in [3.63, 3.8) is 0 Å². The number of likely N-dealkylation sites (tertiary alicyclic amines) is 1. The van der Waals surface area contributed by atoms with E-state index in [-0.39, 0.29) is 18.4 Å². The highest BCUT2D eigenvalue weighted by Gasteiger charge is 2.58. The van der Waals surface area contributed by atoms with E-state index in [1.165, 1.54) is 22.7 Å². The monoisotopic (exact) mass is 728 g/mol. The predicted molar refractivity (Wildman–Crippen MR) is 195 cm³/mol. The van der Waals surface area contributed by atoms with Crippen LogP contribution >= 0.6 is 11.8 Å². The number of nitrogens with zero attached hydrogens (tertiary/aromatic N) is 2. The predicted octanol–water partition coefficient (Wildman–Crippen LogP) is 5.23. The number of carbonyl (C=O) groups excluding carboxylic acids is 5. The third-order valence-corrected chi connectivity index (χ3v) is 10.5. The topological polar surface area (TPSA) is 144 Å². The Bertz CT molecular complexity index is 1730. The smallest absolute Gasteiger partial charge is 0.410 e. The molecule has 0 unspecified atom stereocenters. The minimum Gasteiger partial charge on any atom is -0.451 e. The summed E-state index contributed by atoms with van der Waals surface area (Å²) in [6.45, 7) is 10.1. The molecule has 4 aliphatic heterocycles. The van der Waals surface area contributed by atoms with Gasteiger partial charge in [-0.15, -0.1) is 11.8 Å². The van der Waals surface area contributed by atoms with E-state index in [9.17, 15) is 24.0 Å². The molecule has 13 heteroatoms. The van der Waals surface area contributed by atoms with Gasteiger partial charge in [0.15, 0.2) is 12.1 Å². The molecule has 0 radical (unpaired) electrons. The van der Waals surface area contributed by atoms with Crippen LogP contribution in [0.4, 0.5) is 9.59 Å². The first kappa shape index (κ1) is 36.7. The van der Waals surface area contributed by atoms with Crippen LogP contribution in [0.15, 0.2) is 95.4 Å². The molecule has 2 aromatic rings. The number of hydrogen-bond acceptors (Lipinski definition) is 9. The van der Waals surface area contributed by atoms with E-state index < -0.39 is 53.2 Å². The number of β-lactam (4-membered cyclic amide) rings is 1. The van der Waals surface area contributed by atoms with Crippen LogP contribution in [0, 0.1) is 5.92 Å². The van der Waals surface area contributed by atoms with Crippen molar-refractivity contribution in [1.29, 1.82) is 0 Å². The summed E-state index contributed by atoms with van der Waals surface area (Å²) >= 11 is 1.30. The van der Waals surface area contributed by atoms with Gasteiger partial charge in [0.05, 0.1) is 0 Å². The Hall–Kier alpha value is -5.04. The number of hydrogen-bond donors (Lipinski definition) is 2.